The minimum Gasteiger partial charge on any atom is -0.462 e. The highest BCUT2D eigenvalue weighted by molar-refractivity contribution is 7.47. The molecule has 0 saturated carbocycles. The van der Waals surface area contributed by atoms with E-state index in [1.807, 2.05) is 0 Å². The molecule has 550 valence electrons. The number of phosphoric acid groups is 2. The number of carbonyl (C=O) groups is 4. The van der Waals surface area contributed by atoms with E-state index in [1.165, 1.54) is 12.8 Å². The average Bonchev–Trinajstić information content (AvgIpc) is 1.13. The van der Waals surface area contributed by atoms with Crippen molar-refractivity contribution >= 4 is 39.5 Å². The number of esters is 4. The maximum atomic E-state index is 13.0. The Hall–Kier alpha value is -4.54. The number of aliphatic hydroxyl groups excluding tert-OH is 1. The summed E-state index contributed by atoms with van der Waals surface area (Å²) in [6.45, 7) is 4.45. The average molecular weight is 1390 g/mol. The molecule has 0 spiro atoms. The molecule has 0 amide bonds. The first-order valence-electron chi connectivity index (χ1n) is 36.8. The van der Waals surface area contributed by atoms with E-state index in [-0.39, 0.29) is 25.7 Å². The lowest BCUT2D eigenvalue weighted by Crippen LogP contribution is -2.30. The summed E-state index contributed by atoms with van der Waals surface area (Å²) in [5.41, 5.74) is 0. The van der Waals surface area contributed by atoms with Crippen LogP contribution >= 0.6 is 15.6 Å². The van der Waals surface area contributed by atoms with Crippen LogP contribution in [0.4, 0.5) is 0 Å². The molecule has 0 aromatic rings. The second-order valence-electron chi connectivity index (χ2n) is 24.1. The molecule has 0 aromatic heterocycles. The van der Waals surface area contributed by atoms with Gasteiger partial charge in [-0.1, -0.05) is 239 Å². The van der Waals surface area contributed by atoms with Crippen molar-refractivity contribution in [3.63, 3.8) is 0 Å². The molecule has 96 heavy (non-hydrogen) atoms. The molecule has 0 aromatic carbocycles. The SMILES string of the molecule is CC/C=C\C/C=C\C/C=C\C/C=C\CCCCCCC(=O)OCC(COP(=O)(O)OCC(O)COP(=O)(O)OCC(COC(=O)CCCCCCC/C=C\C/C=C\C/C=C\CC)OC(=O)CCCCCCC/C=C\C/C=C\CCC)OC(=O)CCCCCCC/C=C\CCCC. The number of aliphatic hydroxyl groups is 1. The van der Waals surface area contributed by atoms with Crippen LogP contribution in [0.15, 0.2) is 122 Å². The molecule has 0 aliphatic carbocycles. The fourth-order valence-corrected chi connectivity index (χ4v) is 10.9. The Kier molecular flexibility index (Phi) is 65.7. The lowest BCUT2D eigenvalue weighted by atomic mass is 10.1. The molecular formula is C77H130O17P2. The second kappa shape index (κ2) is 69.0. The standard InChI is InChI=1S/C77H130O17P2/c1-5-9-13-17-21-25-29-32-34-35-37-40-43-46-50-54-58-62-75(80)87-67-72(93-76(81)63-59-55-51-47-41-28-24-20-16-12-8-4)69-91-95(83,84)89-65-71(78)66-90-96(85,86)92-70-73(94-77(82)64-60-56-52-48-44-38-31-27-23-19-15-11-7-3)68-88-74(79)61-57-53-49-45-42-39-36-33-30-26-22-18-14-10-6-2/h9-10,13-15,19-22,24-27,31-34,36-37,40,71-73,78H,5-8,11-12,16-18,23,28-30,35,38-39,41-70H2,1-4H3,(H,83,84)(H,85,86)/b13-9-,14-10-,19-15-,24-20-,25-21-,26-22-,31-27-,34-32-,36-33-,40-37-. The van der Waals surface area contributed by atoms with Crippen molar-refractivity contribution < 1.29 is 80.2 Å². The third-order valence-electron chi connectivity index (χ3n) is 14.9. The molecule has 5 unspecified atom stereocenters. The summed E-state index contributed by atoms with van der Waals surface area (Å²) < 4.78 is 68.3. The summed E-state index contributed by atoms with van der Waals surface area (Å²) in [6.07, 6.45) is 73.5. The second-order valence-corrected chi connectivity index (χ2v) is 27.0. The van der Waals surface area contributed by atoms with Crippen molar-refractivity contribution in [1.82, 2.24) is 0 Å². The molecule has 0 heterocycles. The summed E-state index contributed by atoms with van der Waals surface area (Å²) in [4.78, 5) is 72.7. The molecular weight excluding hydrogens is 1260 g/mol. The van der Waals surface area contributed by atoms with Crippen molar-refractivity contribution in [1.29, 1.82) is 0 Å². The highest BCUT2D eigenvalue weighted by atomic mass is 31.2. The number of ether oxygens (including phenoxy) is 4. The molecule has 17 nitrogen and oxygen atoms in total. The normalized spacial score (nSPS) is 14.7. The summed E-state index contributed by atoms with van der Waals surface area (Å²) in [5, 5.41) is 10.6. The number of unbranched alkanes of at least 4 members (excludes halogenated alkanes) is 22. The van der Waals surface area contributed by atoms with Crippen LogP contribution in [-0.2, 0) is 65.4 Å². The minimum atomic E-state index is -4.98. The molecule has 0 fully saturated rings. The van der Waals surface area contributed by atoms with Gasteiger partial charge in [-0.15, -0.1) is 0 Å². The van der Waals surface area contributed by atoms with E-state index in [2.05, 4.69) is 149 Å². The molecule has 0 aliphatic rings. The summed E-state index contributed by atoms with van der Waals surface area (Å²) in [5.74, 6) is -2.25. The largest absolute Gasteiger partial charge is 0.472 e. The molecule has 0 bridgehead atoms. The summed E-state index contributed by atoms with van der Waals surface area (Å²) in [7, 11) is -9.96. The first kappa shape index (κ1) is 91.5. The Labute approximate surface area is 581 Å². The molecule has 5 atom stereocenters. The Morgan fingerprint density at radius 1 is 0.302 bits per heavy atom. The Bertz CT molecular complexity index is 2300. The van der Waals surface area contributed by atoms with Gasteiger partial charge in [0.05, 0.1) is 26.4 Å². The van der Waals surface area contributed by atoms with Crippen LogP contribution in [0.5, 0.6) is 0 Å². The highest BCUT2D eigenvalue weighted by Crippen LogP contribution is 2.45. The lowest BCUT2D eigenvalue weighted by molar-refractivity contribution is -0.161. The van der Waals surface area contributed by atoms with Gasteiger partial charge < -0.3 is 33.8 Å². The van der Waals surface area contributed by atoms with Crippen molar-refractivity contribution in [2.45, 2.75) is 303 Å². The molecule has 0 radical (unpaired) electrons. The fraction of sp³-hybridized carbons (Fsp3) is 0.688. The Morgan fingerprint density at radius 3 is 0.885 bits per heavy atom. The van der Waals surface area contributed by atoms with E-state index in [1.54, 1.807) is 0 Å². The van der Waals surface area contributed by atoms with E-state index in [9.17, 15) is 43.2 Å². The zero-order valence-corrected chi connectivity index (χ0v) is 61.5. The third-order valence-corrected chi connectivity index (χ3v) is 16.8. The first-order chi connectivity index (χ1) is 46.7. The predicted molar refractivity (Wildman–Crippen MR) is 390 cm³/mol. The molecule has 0 aliphatic heterocycles. The van der Waals surface area contributed by atoms with Crippen LogP contribution in [0, 0.1) is 0 Å². The Balaban J connectivity index is 5.36. The van der Waals surface area contributed by atoms with Gasteiger partial charge in [0.2, 0.25) is 0 Å². The third kappa shape index (κ3) is 68.0. The van der Waals surface area contributed by atoms with Crippen LogP contribution < -0.4 is 0 Å². The number of hydrogen-bond donors (Lipinski definition) is 3. The van der Waals surface area contributed by atoms with Gasteiger partial charge in [-0.25, -0.2) is 9.13 Å². The van der Waals surface area contributed by atoms with Crippen LogP contribution in [0.25, 0.3) is 0 Å². The van der Waals surface area contributed by atoms with Gasteiger partial charge in [0.1, 0.15) is 19.3 Å². The number of carbonyl (C=O) groups excluding carboxylic acids is 4. The van der Waals surface area contributed by atoms with Gasteiger partial charge in [-0.2, -0.15) is 0 Å². The Morgan fingerprint density at radius 2 is 0.562 bits per heavy atom. The summed E-state index contributed by atoms with van der Waals surface area (Å²) >= 11 is 0. The summed E-state index contributed by atoms with van der Waals surface area (Å²) in [6, 6.07) is 0. The van der Waals surface area contributed by atoms with E-state index in [0.29, 0.717) is 25.7 Å². The van der Waals surface area contributed by atoms with Crippen LogP contribution in [-0.4, -0.2) is 96.7 Å². The van der Waals surface area contributed by atoms with Gasteiger partial charge >= 0.3 is 39.5 Å². The zero-order chi connectivity index (χ0) is 70.4. The molecule has 3 N–H and O–H groups in total. The molecule has 0 saturated heterocycles. The molecule has 19 heteroatoms. The van der Waals surface area contributed by atoms with Crippen LogP contribution in [0.1, 0.15) is 285 Å². The van der Waals surface area contributed by atoms with Gasteiger partial charge in [0.15, 0.2) is 12.2 Å². The highest BCUT2D eigenvalue weighted by Gasteiger charge is 2.30. The molecule has 0 rings (SSSR count). The fourth-order valence-electron chi connectivity index (χ4n) is 9.30. The number of phosphoric ester groups is 2. The number of rotatable bonds is 68. The number of allylic oxidation sites excluding steroid dienone is 20. The van der Waals surface area contributed by atoms with Crippen LogP contribution in [0.2, 0.25) is 0 Å². The van der Waals surface area contributed by atoms with Gasteiger partial charge in [-0.3, -0.25) is 37.3 Å². The van der Waals surface area contributed by atoms with E-state index in [4.69, 9.17) is 37.0 Å². The maximum Gasteiger partial charge on any atom is 0.472 e. The first-order valence-corrected chi connectivity index (χ1v) is 39.8. The monoisotopic (exact) mass is 1390 g/mol. The topological polar surface area (TPSA) is 237 Å². The smallest absolute Gasteiger partial charge is 0.462 e. The van der Waals surface area contributed by atoms with E-state index >= 15 is 0 Å². The van der Waals surface area contributed by atoms with E-state index in [0.717, 1.165) is 193 Å². The predicted octanol–water partition coefficient (Wildman–Crippen LogP) is 20.8. The zero-order valence-electron chi connectivity index (χ0n) is 59.8. The minimum absolute atomic E-state index is 0.0721. The number of hydrogen-bond acceptors (Lipinski definition) is 15. The van der Waals surface area contributed by atoms with Gasteiger partial charge in [-0.05, 0) is 141 Å². The quantitative estimate of drug-likeness (QED) is 0.0169. The maximum absolute atomic E-state index is 13.0. The van der Waals surface area contributed by atoms with Crippen molar-refractivity contribution in [2.24, 2.45) is 0 Å². The van der Waals surface area contributed by atoms with Gasteiger partial charge in [0.25, 0.3) is 0 Å². The van der Waals surface area contributed by atoms with E-state index < -0.39 is 97.5 Å². The van der Waals surface area contributed by atoms with Crippen LogP contribution in [0.3, 0.4) is 0 Å². The van der Waals surface area contributed by atoms with Crippen molar-refractivity contribution in [3.8, 4) is 0 Å². The van der Waals surface area contributed by atoms with Crippen molar-refractivity contribution in [2.75, 3.05) is 39.6 Å². The van der Waals surface area contributed by atoms with Crippen molar-refractivity contribution in [3.05, 3.63) is 122 Å². The van der Waals surface area contributed by atoms with Gasteiger partial charge in [0, 0.05) is 25.7 Å². The lowest BCUT2D eigenvalue weighted by Gasteiger charge is -2.21.